The monoisotopic (exact) mass is 666 g/mol. The average molecular weight is 667 g/mol. The van der Waals surface area contributed by atoms with Crippen molar-refractivity contribution in [3.8, 4) is 5.75 Å². The number of phenols is 1. The molecule has 0 radical (unpaired) electrons. The number of carbonyl (C=O) groups is 1. The summed E-state index contributed by atoms with van der Waals surface area (Å²) < 4.78 is 15.0. The summed E-state index contributed by atoms with van der Waals surface area (Å²) in [4.78, 5) is 24.5. The summed E-state index contributed by atoms with van der Waals surface area (Å²) in [6.45, 7) is 15.5. The quantitative estimate of drug-likeness (QED) is 0.235. The Kier molecular flexibility index (Phi) is 11.6. The lowest BCUT2D eigenvalue weighted by molar-refractivity contribution is -0.161. The minimum absolute atomic E-state index is 0.0339. The van der Waals surface area contributed by atoms with Crippen molar-refractivity contribution in [2.24, 2.45) is 35.0 Å². The van der Waals surface area contributed by atoms with Crippen LogP contribution >= 0.6 is 0 Å². The summed E-state index contributed by atoms with van der Waals surface area (Å²) in [5, 5.41) is 26.4. The number of aromatic hydroxyl groups is 1. The highest BCUT2D eigenvalue weighted by Gasteiger charge is 2.57. The van der Waals surface area contributed by atoms with Gasteiger partial charge in [0.15, 0.2) is 0 Å². The number of benzene rings is 2. The van der Waals surface area contributed by atoms with Crippen LogP contribution in [0.5, 0.6) is 5.75 Å². The van der Waals surface area contributed by atoms with Gasteiger partial charge in [0.05, 0.1) is 19.3 Å². The minimum atomic E-state index is -0.689. The van der Waals surface area contributed by atoms with Crippen molar-refractivity contribution in [2.45, 2.75) is 105 Å². The topological polar surface area (TPSA) is 88.5 Å². The molecule has 48 heavy (non-hydrogen) atoms. The molecule has 1 amide bonds. The average Bonchev–Trinajstić information content (AvgIpc) is 3.42. The molecular formula is C39H59FN4O4. The van der Waals surface area contributed by atoms with E-state index in [0.29, 0.717) is 47.7 Å². The normalized spacial score (nSPS) is 28.1. The third-order valence-corrected chi connectivity index (χ3v) is 11.7. The lowest BCUT2D eigenvalue weighted by Gasteiger charge is -2.62. The van der Waals surface area contributed by atoms with Crippen molar-refractivity contribution in [2.75, 3.05) is 27.2 Å². The molecule has 4 fully saturated rings. The number of phenolic OH excluding ortho intramolecular Hbond substituents is 1. The highest BCUT2D eigenvalue weighted by atomic mass is 19.1. The Bertz CT molecular complexity index is 1370. The smallest absolute Gasteiger partial charge is 0.240 e. The van der Waals surface area contributed by atoms with Gasteiger partial charge in [-0.15, -0.1) is 0 Å². The van der Waals surface area contributed by atoms with Gasteiger partial charge in [-0.25, -0.2) is 4.39 Å². The van der Waals surface area contributed by atoms with Gasteiger partial charge in [-0.05, 0) is 92.6 Å². The number of nitrogens with one attached hydrogen (secondary N) is 1. The standard InChI is InChI=1S/C39H59FN4O4/c1-24(2)15-30(21-42(7)8)43(22-31-34(40)13-10-14-36(31)46)19-27-11-9-12-28(16-27)20-44-37(32(23-48-44)26(4)45)38(47)41-35-18-29-17-33(25(35)3)39(29,5)6/h9-14,16,24-26,29-30,32-33,35,37,45-46H,15,17-23H2,1-8H3,(H,41,47)/t25-,26-,29+,30-,32-,33-,35-,37-/m0/s1. The van der Waals surface area contributed by atoms with E-state index in [2.05, 4.69) is 61.9 Å². The Balaban J connectivity index is 1.34. The van der Waals surface area contributed by atoms with Crippen molar-refractivity contribution in [3.05, 3.63) is 65.0 Å². The number of hydrogen-bond donors (Lipinski definition) is 3. The molecule has 3 aliphatic carbocycles. The van der Waals surface area contributed by atoms with Crippen LogP contribution in [0.4, 0.5) is 4.39 Å². The predicted molar refractivity (Wildman–Crippen MR) is 187 cm³/mol. The molecule has 1 aliphatic heterocycles. The van der Waals surface area contributed by atoms with Crippen LogP contribution in [0.25, 0.3) is 0 Å². The number of rotatable bonds is 14. The zero-order valence-corrected chi connectivity index (χ0v) is 30.3. The highest BCUT2D eigenvalue weighted by Crippen LogP contribution is 2.61. The maximum Gasteiger partial charge on any atom is 0.240 e. The van der Waals surface area contributed by atoms with E-state index in [1.165, 1.54) is 18.6 Å². The lowest BCUT2D eigenvalue weighted by Crippen LogP contribution is -2.62. The summed E-state index contributed by atoms with van der Waals surface area (Å²) in [7, 11) is 4.10. The number of fused-ring (bicyclic) bond motifs is 2. The summed E-state index contributed by atoms with van der Waals surface area (Å²) >= 11 is 0. The first-order valence-corrected chi connectivity index (χ1v) is 18.0. The molecule has 2 aromatic rings. The fraction of sp³-hybridized carbons (Fsp3) is 0.667. The summed E-state index contributed by atoms with van der Waals surface area (Å²) in [6.07, 6.45) is 2.48. The Morgan fingerprint density at radius 1 is 1.10 bits per heavy atom. The van der Waals surface area contributed by atoms with Gasteiger partial charge in [0.25, 0.3) is 0 Å². The molecule has 1 saturated heterocycles. The molecule has 3 N–H and O–H groups in total. The van der Waals surface area contributed by atoms with Gasteiger partial charge in [0, 0.05) is 43.2 Å². The van der Waals surface area contributed by atoms with Crippen LogP contribution in [-0.2, 0) is 29.3 Å². The number of hydrogen-bond acceptors (Lipinski definition) is 7. The van der Waals surface area contributed by atoms with Crippen molar-refractivity contribution in [1.29, 1.82) is 0 Å². The van der Waals surface area contributed by atoms with Crippen molar-refractivity contribution < 1.29 is 24.2 Å². The van der Waals surface area contributed by atoms with Gasteiger partial charge in [0.1, 0.15) is 17.6 Å². The molecule has 0 aromatic heterocycles. The van der Waals surface area contributed by atoms with Gasteiger partial charge >= 0.3 is 0 Å². The van der Waals surface area contributed by atoms with Crippen LogP contribution in [0.1, 0.15) is 77.5 Å². The van der Waals surface area contributed by atoms with Gasteiger partial charge in [0.2, 0.25) is 5.91 Å². The first-order chi connectivity index (χ1) is 22.6. The molecule has 6 rings (SSSR count). The SMILES string of the molecule is CC(C)C[C@@H](CN(C)C)N(Cc1cccc(CN2OC[C@@H]([C@H](C)O)[C@H]2C(=O)N[C@H]2C[C@H]3C[C@@H]([C@@H]2C)C3(C)C)c1)Cc1c(O)cccc1F. The van der Waals surface area contributed by atoms with Crippen molar-refractivity contribution >= 4 is 5.91 Å². The zero-order chi connectivity index (χ0) is 34.9. The Morgan fingerprint density at radius 3 is 2.44 bits per heavy atom. The summed E-state index contributed by atoms with van der Waals surface area (Å²) in [6, 6.07) is 12.4. The molecular weight excluding hydrogens is 607 g/mol. The maximum atomic E-state index is 15.0. The van der Waals surface area contributed by atoms with E-state index in [0.717, 1.165) is 30.5 Å². The third kappa shape index (κ3) is 8.07. The van der Waals surface area contributed by atoms with Gasteiger partial charge < -0.3 is 20.4 Å². The number of likely N-dealkylation sites (N-methyl/N-ethyl adjacent to an activating group) is 1. The van der Waals surface area contributed by atoms with Crippen LogP contribution in [0.15, 0.2) is 42.5 Å². The number of carbonyl (C=O) groups excluding carboxylic acids is 1. The second kappa shape index (κ2) is 15.1. The van der Waals surface area contributed by atoms with Crippen molar-refractivity contribution in [3.63, 3.8) is 0 Å². The van der Waals surface area contributed by atoms with E-state index in [9.17, 15) is 19.4 Å². The first kappa shape index (κ1) is 36.7. The molecule has 2 bridgehead atoms. The predicted octanol–water partition coefficient (Wildman–Crippen LogP) is 5.81. The van der Waals surface area contributed by atoms with Gasteiger partial charge in [-0.1, -0.05) is 65.0 Å². The minimum Gasteiger partial charge on any atom is -0.508 e. The van der Waals surface area contributed by atoms with E-state index in [1.807, 2.05) is 26.2 Å². The van der Waals surface area contributed by atoms with Crippen molar-refractivity contribution in [1.82, 2.24) is 20.2 Å². The Morgan fingerprint density at radius 2 is 1.81 bits per heavy atom. The number of amides is 1. The van der Waals surface area contributed by atoms with Crippen LogP contribution in [0.3, 0.4) is 0 Å². The fourth-order valence-electron chi connectivity index (χ4n) is 8.81. The number of halogens is 1. The van der Waals surface area contributed by atoms with Gasteiger partial charge in [-0.3, -0.25) is 14.5 Å². The third-order valence-electron chi connectivity index (χ3n) is 11.7. The largest absolute Gasteiger partial charge is 0.508 e. The molecule has 8 atom stereocenters. The van der Waals surface area contributed by atoms with E-state index in [-0.39, 0.29) is 42.8 Å². The van der Waals surface area contributed by atoms with E-state index in [4.69, 9.17) is 4.84 Å². The Labute approximate surface area is 287 Å². The second-order valence-corrected chi connectivity index (χ2v) is 16.3. The van der Waals surface area contributed by atoms with E-state index in [1.54, 1.807) is 18.1 Å². The summed E-state index contributed by atoms with van der Waals surface area (Å²) in [5.74, 6) is 1.26. The number of hydroxylamine groups is 2. The molecule has 266 valence electrons. The molecule has 1 heterocycles. The first-order valence-electron chi connectivity index (χ1n) is 18.0. The number of aliphatic hydroxyl groups is 1. The molecule has 3 saturated carbocycles. The molecule has 8 nitrogen and oxygen atoms in total. The molecule has 0 spiro atoms. The zero-order valence-electron chi connectivity index (χ0n) is 30.3. The molecule has 2 aromatic carbocycles. The Hall–Kier alpha value is -2.56. The number of aliphatic hydroxyl groups excluding tert-OH is 1. The molecule has 4 aliphatic rings. The van der Waals surface area contributed by atoms with Crippen LogP contribution in [-0.4, -0.2) is 82.5 Å². The van der Waals surface area contributed by atoms with E-state index >= 15 is 0 Å². The van der Waals surface area contributed by atoms with Crippen LogP contribution < -0.4 is 5.32 Å². The fourth-order valence-corrected chi connectivity index (χ4v) is 8.81. The summed E-state index contributed by atoms with van der Waals surface area (Å²) in [5.41, 5.74) is 2.69. The highest BCUT2D eigenvalue weighted by molar-refractivity contribution is 5.82. The van der Waals surface area contributed by atoms with E-state index < -0.39 is 18.0 Å². The second-order valence-electron chi connectivity index (χ2n) is 16.3. The van der Waals surface area contributed by atoms with Crippen LogP contribution in [0.2, 0.25) is 0 Å². The maximum absolute atomic E-state index is 15.0. The molecule has 9 heteroatoms. The lowest BCUT2D eigenvalue weighted by atomic mass is 9.45. The van der Waals surface area contributed by atoms with Gasteiger partial charge in [-0.2, -0.15) is 5.06 Å². The van der Waals surface area contributed by atoms with Crippen LogP contribution in [0, 0.1) is 40.8 Å². The number of nitrogens with zero attached hydrogens (tertiary/aromatic N) is 3. The molecule has 0 unspecified atom stereocenters.